The maximum Gasteiger partial charge on any atom is 0.310 e. The Bertz CT molecular complexity index is 891. The number of aliphatic hydroxyl groups excluding tert-OH is 1. The summed E-state index contributed by atoms with van der Waals surface area (Å²) in [7, 11) is 0. The molecule has 198 valence electrons. The Morgan fingerprint density at radius 1 is 1.31 bits per heavy atom. The number of amides is 2. The van der Waals surface area contributed by atoms with Crippen LogP contribution in [0.15, 0.2) is 12.7 Å². The highest BCUT2D eigenvalue weighted by atomic mass is 16.5. The van der Waals surface area contributed by atoms with Crippen LogP contribution in [0.5, 0.6) is 0 Å². The molecular formula is C27H44N2O6. The van der Waals surface area contributed by atoms with Crippen LogP contribution in [0.3, 0.4) is 0 Å². The van der Waals surface area contributed by atoms with Gasteiger partial charge >= 0.3 is 5.97 Å². The Kier molecular flexibility index (Phi) is 7.01. The lowest BCUT2D eigenvalue weighted by Gasteiger charge is -2.46. The molecule has 7 atom stereocenters. The van der Waals surface area contributed by atoms with Gasteiger partial charge in [-0.3, -0.25) is 14.4 Å². The molecule has 2 bridgehead atoms. The fourth-order valence-corrected chi connectivity index (χ4v) is 7.44. The van der Waals surface area contributed by atoms with E-state index in [2.05, 4.69) is 27.4 Å². The van der Waals surface area contributed by atoms with Gasteiger partial charge in [-0.15, -0.1) is 6.58 Å². The Hall–Kier alpha value is -1.93. The first kappa shape index (κ1) is 27.7. The normalized spacial score (nSPS) is 35.2. The smallest absolute Gasteiger partial charge is 0.310 e. The minimum absolute atomic E-state index is 0.0645. The zero-order valence-corrected chi connectivity index (χ0v) is 22.6. The molecule has 3 heterocycles. The molecule has 1 spiro atoms. The molecule has 0 aliphatic carbocycles. The highest BCUT2D eigenvalue weighted by molar-refractivity contribution is 5.98. The van der Waals surface area contributed by atoms with Gasteiger partial charge in [0.2, 0.25) is 11.8 Å². The van der Waals surface area contributed by atoms with Gasteiger partial charge in [0.15, 0.2) is 0 Å². The fourth-order valence-electron chi connectivity index (χ4n) is 7.44. The number of aliphatic carboxylic acids is 1. The van der Waals surface area contributed by atoms with E-state index >= 15 is 0 Å². The Morgan fingerprint density at radius 2 is 1.91 bits per heavy atom. The van der Waals surface area contributed by atoms with Crippen LogP contribution in [0.4, 0.5) is 0 Å². The third-order valence-electron chi connectivity index (χ3n) is 8.60. The third-order valence-corrected chi connectivity index (χ3v) is 8.60. The minimum atomic E-state index is -1.24. The van der Waals surface area contributed by atoms with Crippen molar-refractivity contribution in [3.63, 3.8) is 0 Å². The van der Waals surface area contributed by atoms with Crippen LogP contribution in [0.1, 0.15) is 74.7 Å². The number of ether oxygens (including phenoxy) is 1. The average molecular weight is 493 g/mol. The van der Waals surface area contributed by atoms with E-state index in [1.165, 1.54) is 4.90 Å². The van der Waals surface area contributed by atoms with Gasteiger partial charge < -0.3 is 24.7 Å². The topological polar surface area (TPSA) is 107 Å². The lowest BCUT2D eigenvalue weighted by atomic mass is 9.62. The van der Waals surface area contributed by atoms with Crippen molar-refractivity contribution in [2.24, 2.45) is 23.2 Å². The van der Waals surface area contributed by atoms with Gasteiger partial charge in [-0.1, -0.05) is 40.7 Å². The highest BCUT2D eigenvalue weighted by Crippen LogP contribution is 2.65. The van der Waals surface area contributed by atoms with E-state index in [1.54, 1.807) is 17.9 Å². The molecular weight excluding hydrogens is 448 g/mol. The predicted octanol–water partition coefficient (Wildman–Crippen LogP) is 3.08. The molecule has 2 N–H and O–H groups in total. The van der Waals surface area contributed by atoms with Gasteiger partial charge in [0.1, 0.15) is 17.6 Å². The van der Waals surface area contributed by atoms with Gasteiger partial charge in [0, 0.05) is 12.1 Å². The van der Waals surface area contributed by atoms with Crippen LogP contribution >= 0.6 is 0 Å². The average Bonchev–Trinajstić information content (AvgIpc) is 3.22. The molecule has 3 fully saturated rings. The SMILES string of the molecule is C=CCN(C(=O)C1N([C@@H](CC)CO)C(=O)[C@@H]2[C@@H](C(=O)O)[C@]3(C)OC12CC3C)C(C)(C)CC(C)(C)C. The highest BCUT2D eigenvalue weighted by Gasteiger charge is 2.80. The number of carbonyl (C=O) groups is 3. The number of aliphatic hydroxyl groups is 1. The van der Waals surface area contributed by atoms with Crippen LogP contribution in [-0.2, 0) is 19.1 Å². The maximum absolute atomic E-state index is 14.5. The predicted molar refractivity (Wildman–Crippen MR) is 132 cm³/mol. The maximum atomic E-state index is 14.5. The van der Waals surface area contributed by atoms with Gasteiger partial charge in [-0.25, -0.2) is 0 Å². The molecule has 8 heteroatoms. The Labute approximate surface area is 209 Å². The molecule has 0 saturated carbocycles. The molecule has 8 nitrogen and oxygen atoms in total. The van der Waals surface area contributed by atoms with E-state index in [9.17, 15) is 24.6 Å². The first-order valence-corrected chi connectivity index (χ1v) is 12.8. The van der Waals surface area contributed by atoms with E-state index in [0.717, 1.165) is 0 Å². The number of hydrogen-bond donors (Lipinski definition) is 2. The van der Waals surface area contributed by atoms with Gasteiger partial charge in [-0.05, 0) is 51.4 Å². The van der Waals surface area contributed by atoms with Crippen molar-refractivity contribution < 1.29 is 29.3 Å². The molecule has 3 rings (SSSR count). The molecule has 3 aliphatic rings. The van der Waals surface area contributed by atoms with Crippen LogP contribution < -0.4 is 0 Å². The number of carbonyl (C=O) groups excluding carboxylic acids is 2. The summed E-state index contributed by atoms with van der Waals surface area (Å²) in [5, 5.41) is 20.4. The number of rotatable bonds is 9. The summed E-state index contributed by atoms with van der Waals surface area (Å²) in [6.07, 6.45) is 3.24. The number of hydrogen-bond acceptors (Lipinski definition) is 5. The van der Waals surface area contributed by atoms with Gasteiger partial charge in [-0.2, -0.15) is 0 Å². The first-order chi connectivity index (χ1) is 16.0. The number of fused-ring (bicyclic) bond motifs is 1. The van der Waals surface area contributed by atoms with Crippen molar-refractivity contribution >= 4 is 17.8 Å². The van der Waals surface area contributed by atoms with Gasteiger partial charge in [0.25, 0.3) is 0 Å². The van der Waals surface area contributed by atoms with Crippen LogP contribution in [-0.4, -0.2) is 79.8 Å². The fraction of sp³-hybridized carbons (Fsp3) is 0.815. The number of likely N-dealkylation sites (tertiary alicyclic amines) is 1. The van der Waals surface area contributed by atoms with Crippen molar-refractivity contribution in [2.45, 2.75) is 103 Å². The van der Waals surface area contributed by atoms with Crippen LogP contribution in [0.25, 0.3) is 0 Å². The second-order valence-electron chi connectivity index (χ2n) is 12.8. The molecule has 35 heavy (non-hydrogen) atoms. The molecule has 3 unspecified atom stereocenters. The molecule has 0 radical (unpaired) electrons. The third kappa shape index (κ3) is 4.10. The lowest BCUT2D eigenvalue weighted by molar-refractivity contribution is -0.162. The second-order valence-corrected chi connectivity index (χ2v) is 12.8. The molecule has 3 saturated heterocycles. The van der Waals surface area contributed by atoms with Crippen molar-refractivity contribution in [3.8, 4) is 0 Å². The molecule has 0 aromatic carbocycles. The van der Waals surface area contributed by atoms with E-state index < -0.39 is 52.5 Å². The summed E-state index contributed by atoms with van der Waals surface area (Å²) < 4.78 is 6.57. The molecule has 3 aliphatic heterocycles. The number of nitrogens with zero attached hydrogens (tertiary/aromatic N) is 2. The summed E-state index contributed by atoms with van der Waals surface area (Å²) in [6.45, 7) is 19.8. The van der Waals surface area contributed by atoms with Gasteiger partial charge in [0.05, 0.1) is 24.2 Å². The van der Waals surface area contributed by atoms with Crippen molar-refractivity contribution in [2.75, 3.05) is 13.2 Å². The van der Waals surface area contributed by atoms with Crippen molar-refractivity contribution in [3.05, 3.63) is 12.7 Å². The van der Waals surface area contributed by atoms with Crippen molar-refractivity contribution in [1.82, 2.24) is 9.80 Å². The lowest BCUT2D eigenvalue weighted by Crippen LogP contribution is -2.62. The van der Waals surface area contributed by atoms with Crippen LogP contribution in [0.2, 0.25) is 0 Å². The van der Waals surface area contributed by atoms with E-state index in [-0.39, 0.29) is 30.4 Å². The van der Waals surface area contributed by atoms with E-state index in [1.807, 2.05) is 27.7 Å². The standard InChI is InChI=1S/C27H44N2O6/c1-10-12-28(25(7,8)15-24(4,5)6)22(32)20-27-13-16(3)26(9,35-27)19(23(33)34)18(27)21(31)29(20)17(11-2)14-30/h10,16-20,30H,1,11-15H2,2-9H3,(H,33,34)/t16?,17-,18-,19-,20?,26+,27?/m0/s1. The number of carboxylic acids is 1. The van der Waals surface area contributed by atoms with E-state index in [0.29, 0.717) is 19.3 Å². The quantitative estimate of drug-likeness (QED) is 0.479. The molecule has 0 aromatic heterocycles. The van der Waals surface area contributed by atoms with E-state index in [4.69, 9.17) is 4.74 Å². The summed E-state index contributed by atoms with van der Waals surface area (Å²) in [4.78, 5) is 44.2. The summed E-state index contributed by atoms with van der Waals surface area (Å²) in [5.41, 5.74) is -2.91. The second kappa shape index (κ2) is 8.87. The zero-order valence-electron chi connectivity index (χ0n) is 22.6. The zero-order chi connectivity index (χ0) is 26.7. The number of carboxylic acid groups (broad SMARTS) is 1. The molecule has 2 amide bonds. The van der Waals surface area contributed by atoms with Crippen LogP contribution in [0, 0.1) is 23.2 Å². The monoisotopic (exact) mass is 492 g/mol. The minimum Gasteiger partial charge on any atom is -0.481 e. The Balaban J connectivity index is 2.19. The summed E-state index contributed by atoms with van der Waals surface area (Å²) >= 11 is 0. The summed E-state index contributed by atoms with van der Waals surface area (Å²) in [5.74, 6) is -3.92. The Morgan fingerprint density at radius 3 is 2.37 bits per heavy atom. The largest absolute Gasteiger partial charge is 0.481 e. The summed E-state index contributed by atoms with van der Waals surface area (Å²) in [6, 6.07) is -1.61. The van der Waals surface area contributed by atoms with Crippen molar-refractivity contribution in [1.29, 1.82) is 0 Å². The molecule has 0 aromatic rings. The first-order valence-electron chi connectivity index (χ1n) is 12.8.